The Morgan fingerprint density at radius 1 is 1.09 bits per heavy atom. The summed E-state index contributed by atoms with van der Waals surface area (Å²) in [6.45, 7) is 3.79. The van der Waals surface area contributed by atoms with Gasteiger partial charge in [-0.1, -0.05) is 17.7 Å². The van der Waals surface area contributed by atoms with E-state index in [0.29, 0.717) is 22.7 Å². The smallest absolute Gasteiger partial charge is 0.259 e. The van der Waals surface area contributed by atoms with E-state index in [1.807, 2.05) is 49.4 Å². The summed E-state index contributed by atoms with van der Waals surface area (Å²) in [7, 11) is 1.60. The maximum atomic E-state index is 12.6. The molecule has 0 radical (unpaired) electrons. The standard InChI is InChI=1S/C18H17NO3/c1-11-4-6-13(7-5-11)19-18(20)17-12(2)22-16-9-8-14(21-3)10-15(16)17/h4-10H,1-3H3,(H,19,20). The molecule has 0 saturated carbocycles. The quantitative estimate of drug-likeness (QED) is 0.783. The lowest BCUT2D eigenvalue weighted by atomic mass is 10.1. The van der Waals surface area contributed by atoms with Crippen molar-refractivity contribution < 1.29 is 13.9 Å². The number of aryl methyl sites for hydroxylation is 2. The molecule has 0 bridgehead atoms. The molecule has 0 atom stereocenters. The Kier molecular flexibility index (Phi) is 3.59. The molecule has 0 unspecified atom stereocenters. The van der Waals surface area contributed by atoms with Crippen LogP contribution < -0.4 is 10.1 Å². The van der Waals surface area contributed by atoms with Gasteiger partial charge < -0.3 is 14.5 Å². The van der Waals surface area contributed by atoms with E-state index in [4.69, 9.17) is 9.15 Å². The third kappa shape index (κ3) is 2.55. The summed E-state index contributed by atoms with van der Waals surface area (Å²) in [5, 5.41) is 3.65. The third-order valence-corrected chi connectivity index (χ3v) is 3.61. The summed E-state index contributed by atoms with van der Waals surface area (Å²) in [6.07, 6.45) is 0. The number of methoxy groups -OCH3 is 1. The van der Waals surface area contributed by atoms with Crippen LogP contribution in [0.5, 0.6) is 5.75 Å². The highest BCUT2D eigenvalue weighted by Crippen LogP contribution is 2.29. The van der Waals surface area contributed by atoms with Crippen molar-refractivity contribution in [3.05, 3.63) is 59.4 Å². The topological polar surface area (TPSA) is 51.5 Å². The highest BCUT2D eigenvalue weighted by atomic mass is 16.5. The van der Waals surface area contributed by atoms with Crippen LogP contribution >= 0.6 is 0 Å². The van der Waals surface area contributed by atoms with Crippen LogP contribution in [0.15, 0.2) is 46.9 Å². The summed E-state index contributed by atoms with van der Waals surface area (Å²) < 4.78 is 10.9. The summed E-state index contributed by atoms with van der Waals surface area (Å²) in [5.74, 6) is 1.10. The molecule has 4 nitrogen and oxygen atoms in total. The summed E-state index contributed by atoms with van der Waals surface area (Å²) in [5.41, 5.74) is 3.11. The number of benzene rings is 2. The minimum atomic E-state index is -0.187. The first-order chi connectivity index (χ1) is 10.6. The van der Waals surface area contributed by atoms with Crippen molar-refractivity contribution >= 4 is 22.6 Å². The second-order valence-electron chi connectivity index (χ2n) is 5.22. The Balaban J connectivity index is 1.99. The molecule has 0 fully saturated rings. The second-order valence-corrected chi connectivity index (χ2v) is 5.22. The number of carbonyl (C=O) groups excluding carboxylic acids is 1. The molecule has 1 heterocycles. The number of ether oxygens (including phenoxy) is 1. The predicted octanol–water partition coefficient (Wildman–Crippen LogP) is 4.31. The molecular formula is C18H17NO3. The van der Waals surface area contributed by atoms with Gasteiger partial charge in [0.1, 0.15) is 17.1 Å². The van der Waals surface area contributed by atoms with Crippen molar-refractivity contribution in [1.29, 1.82) is 0 Å². The number of rotatable bonds is 3. The minimum Gasteiger partial charge on any atom is -0.497 e. The van der Waals surface area contributed by atoms with E-state index in [0.717, 1.165) is 16.6 Å². The van der Waals surface area contributed by atoms with E-state index in [-0.39, 0.29) is 5.91 Å². The Morgan fingerprint density at radius 2 is 1.82 bits per heavy atom. The van der Waals surface area contributed by atoms with Gasteiger partial charge in [-0.15, -0.1) is 0 Å². The lowest BCUT2D eigenvalue weighted by Gasteiger charge is -2.05. The molecule has 22 heavy (non-hydrogen) atoms. The number of carbonyl (C=O) groups is 1. The fraction of sp³-hybridized carbons (Fsp3) is 0.167. The zero-order valence-electron chi connectivity index (χ0n) is 12.8. The molecule has 3 aromatic rings. The molecule has 0 saturated heterocycles. The number of anilines is 1. The monoisotopic (exact) mass is 295 g/mol. The highest BCUT2D eigenvalue weighted by molar-refractivity contribution is 6.13. The Bertz CT molecular complexity index is 831. The van der Waals surface area contributed by atoms with Gasteiger partial charge in [0.05, 0.1) is 12.7 Å². The van der Waals surface area contributed by atoms with E-state index in [1.54, 1.807) is 14.0 Å². The Hall–Kier alpha value is -2.75. The van der Waals surface area contributed by atoms with Gasteiger partial charge in [-0.05, 0) is 44.2 Å². The lowest BCUT2D eigenvalue weighted by Crippen LogP contribution is -2.12. The molecule has 112 valence electrons. The number of fused-ring (bicyclic) bond motifs is 1. The molecule has 0 aliphatic rings. The van der Waals surface area contributed by atoms with Gasteiger partial charge in [-0.25, -0.2) is 0 Å². The zero-order chi connectivity index (χ0) is 15.7. The van der Waals surface area contributed by atoms with Crippen LogP contribution in [0.1, 0.15) is 21.7 Å². The van der Waals surface area contributed by atoms with Gasteiger partial charge in [0, 0.05) is 11.1 Å². The summed E-state index contributed by atoms with van der Waals surface area (Å²) in [4.78, 5) is 12.6. The average molecular weight is 295 g/mol. The molecule has 4 heteroatoms. The lowest BCUT2D eigenvalue weighted by molar-refractivity contribution is 0.102. The van der Waals surface area contributed by atoms with Crippen LogP contribution in [-0.4, -0.2) is 13.0 Å². The first-order valence-corrected chi connectivity index (χ1v) is 7.03. The normalized spacial score (nSPS) is 10.7. The SMILES string of the molecule is COc1ccc2oc(C)c(C(=O)Nc3ccc(C)cc3)c2c1. The van der Waals surface area contributed by atoms with Gasteiger partial charge in [0.15, 0.2) is 0 Å². The molecule has 0 aliphatic heterocycles. The molecule has 0 spiro atoms. The van der Waals surface area contributed by atoms with Crippen molar-refractivity contribution in [3.8, 4) is 5.75 Å². The van der Waals surface area contributed by atoms with Crippen molar-refractivity contribution in [2.45, 2.75) is 13.8 Å². The number of hydrogen-bond acceptors (Lipinski definition) is 3. The number of nitrogens with one attached hydrogen (secondary N) is 1. The number of amides is 1. The van der Waals surface area contributed by atoms with E-state index in [9.17, 15) is 4.79 Å². The van der Waals surface area contributed by atoms with E-state index in [1.165, 1.54) is 0 Å². The van der Waals surface area contributed by atoms with Gasteiger partial charge in [-0.2, -0.15) is 0 Å². The number of hydrogen-bond donors (Lipinski definition) is 1. The zero-order valence-corrected chi connectivity index (χ0v) is 12.8. The maximum Gasteiger partial charge on any atom is 0.259 e. The van der Waals surface area contributed by atoms with Crippen LogP contribution in [0.3, 0.4) is 0 Å². The molecular weight excluding hydrogens is 278 g/mol. The fourth-order valence-electron chi connectivity index (χ4n) is 2.44. The van der Waals surface area contributed by atoms with Crippen LogP contribution in [0, 0.1) is 13.8 Å². The molecule has 2 aromatic carbocycles. The van der Waals surface area contributed by atoms with E-state index in [2.05, 4.69) is 5.32 Å². The first kappa shape index (κ1) is 14.2. The molecule has 1 N–H and O–H groups in total. The van der Waals surface area contributed by atoms with Gasteiger partial charge in [0.25, 0.3) is 5.91 Å². The maximum absolute atomic E-state index is 12.6. The molecule has 1 aromatic heterocycles. The van der Waals surface area contributed by atoms with Crippen LogP contribution in [0.25, 0.3) is 11.0 Å². The van der Waals surface area contributed by atoms with Crippen LogP contribution in [0.2, 0.25) is 0 Å². The molecule has 1 amide bonds. The highest BCUT2D eigenvalue weighted by Gasteiger charge is 2.18. The Labute approximate surface area is 128 Å². The van der Waals surface area contributed by atoms with Crippen molar-refractivity contribution in [3.63, 3.8) is 0 Å². The summed E-state index contributed by atoms with van der Waals surface area (Å²) >= 11 is 0. The van der Waals surface area contributed by atoms with Crippen LogP contribution in [0.4, 0.5) is 5.69 Å². The Morgan fingerprint density at radius 3 is 2.50 bits per heavy atom. The number of furan rings is 1. The van der Waals surface area contributed by atoms with Gasteiger partial charge in [-0.3, -0.25) is 4.79 Å². The van der Waals surface area contributed by atoms with Gasteiger partial charge in [0.2, 0.25) is 0 Å². The van der Waals surface area contributed by atoms with Crippen LogP contribution in [-0.2, 0) is 0 Å². The van der Waals surface area contributed by atoms with Crippen molar-refractivity contribution in [2.24, 2.45) is 0 Å². The van der Waals surface area contributed by atoms with E-state index < -0.39 is 0 Å². The minimum absolute atomic E-state index is 0.187. The predicted molar refractivity (Wildman–Crippen MR) is 86.6 cm³/mol. The van der Waals surface area contributed by atoms with E-state index >= 15 is 0 Å². The molecule has 3 rings (SSSR count). The van der Waals surface area contributed by atoms with Crippen molar-refractivity contribution in [1.82, 2.24) is 0 Å². The van der Waals surface area contributed by atoms with Crippen molar-refractivity contribution in [2.75, 3.05) is 12.4 Å². The van der Waals surface area contributed by atoms with Gasteiger partial charge >= 0.3 is 0 Å². The summed E-state index contributed by atoms with van der Waals surface area (Å²) in [6, 6.07) is 13.1. The fourth-order valence-corrected chi connectivity index (χ4v) is 2.44. The average Bonchev–Trinajstić information content (AvgIpc) is 2.84. The second kappa shape index (κ2) is 5.56. The first-order valence-electron chi connectivity index (χ1n) is 7.03. The molecule has 0 aliphatic carbocycles. The third-order valence-electron chi connectivity index (χ3n) is 3.61. The largest absolute Gasteiger partial charge is 0.497 e.